The Balaban J connectivity index is 1.76. The normalized spacial score (nSPS) is 17.7. The van der Waals surface area contributed by atoms with Gasteiger partial charge in [-0.2, -0.15) is 0 Å². The largest absolute Gasteiger partial charge is 0.481 e. The van der Waals surface area contributed by atoms with Crippen molar-refractivity contribution in [1.29, 1.82) is 0 Å². The van der Waals surface area contributed by atoms with Crippen LogP contribution in [0.1, 0.15) is 87.8 Å². The zero-order valence-corrected chi connectivity index (χ0v) is 13.2. The smallest absolute Gasteiger partial charge is 0.312 e. The highest BCUT2D eigenvalue weighted by molar-refractivity contribution is 5.76. The molecular weight excluding hydrogens is 264 g/mol. The number of unbranched alkanes of at least 4 members (excludes halogenated alkanes) is 6. The predicted octanol–water partition coefficient (Wildman–Crippen LogP) is 4.21. The van der Waals surface area contributed by atoms with E-state index in [9.17, 15) is 9.90 Å². The van der Waals surface area contributed by atoms with Gasteiger partial charge in [-0.05, 0) is 25.7 Å². The van der Waals surface area contributed by atoms with Crippen molar-refractivity contribution in [2.75, 3.05) is 0 Å². The third kappa shape index (κ3) is 4.58. The number of nitrogens with one attached hydrogen (secondary N) is 1. The molecule has 0 saturated heterocycles. The van der Waals surface area contributed by atoms with E-state index >= 15 is 0 Å². The molecule has 1 atom stereocenters. The standard InChI is InChI=1S/C17H28N2O2/c1-2-3-4-5-6-7-8-12-15-18-14-11-9-10-13(17(20)21)16(14)19-15/h13H,2-12H2,1H3,(H,18,19)(H,20,21). The van der Waals surface area contributed by atoms with Crippen molar-refractivity contribution in [1.82, 2.24) is 9.97 Å². The van der Waals surface area contributed by atoms with Gasteiger partial charge < -0.3 is 10.1 Å². The highest BCUT2D eigenvalue weighted by atomic mass is 16.4. The van der Waals surface area contributed by atoms with Gasteiger partial charge in [0.15, 0.2) is 0 Å². The number of carbonyl (C=O) groups is 1. The SMILES string of the molecule is CCCCCCCCCc1nc2c([nH]1)CCCC2C(=O)O. The van der Waals surface area contributed by atoms with Crippen LogP contribution in [0.2, 0.25) is 0 Å². The second-order valence-corrected chi connectivity index (χ2v) is 6.20. The summed E-state index contributed by atoms with van der Waals surface area (Å²) in [4.78, 5) is 19.2. The van der Waals surface area contributed by atoms with Crippen molar-refractivity contribution in [3.05, 3.63) is 17.2 Å². The minimum Gasteiger partial charge on any atom is -0.481 e. The summed E-state index contributed by atoms with van der Waals surface area (Å²) in [5.41, 5.74) is 1.86. The zero-order valence-electron chi connectivity index (χ0n) is 13.2. The molecule has 1 aromatic heterocycles. The lowest BCUT2D eigenvalue weighted by molar-refractivity contribution is -0.139. The number of aromatic amines is 1. The molecule has 0 spiro atoms. The van der Waals surface area contributed by atoms with E-state index in [-0.39, 0.29) is 0 Å². The van der Waals surface area contributed by atoms with Gasteiger partial charge in [0.05, 0.1) is 5.69 Å². The molecule has 0 aromatic carbocycles. The summed E-state index contributed by atoms with van der Waals surface area (Å²) in [6.07, 6.45) is 12.6. The van der Waals surface area contributed by atoms with Gasteiger partial charge in [0, 0.05) is 12.1 Å². The van der Waals surface area contributed by atoms with E-state index in [1.165, 1.54) is 38.5 Å². The molecule has 1 aliphatic rings. The summed E-state index contributed by atoms with van der Waals surface area (Å²) in [6.45, 7) is 2.24. The number of hydrogen-bond acceptors (Lipinski definition) is 2. The van der Waals surface area contributed by atoms with Crippen LogP contribution < -0.4 is 0 Å². The van der Waals surface area contributed by atoms with Gasteiger partial charge in [-0.15, -0.1) is 0 Å². The van der Waals surface area contributed by atoms with Gasteiger partial charge in [0.25, 0.3) is 0 Å². The van der Waals surface area contributed by atoms with Crippen LogP contribution in [0, 0.1) is 0 Å². The highest BCUT2D eigenvalue weighted by Gasteiger charge is 2.29. The molecule has 0 bridgehead atoms. The van der Waals surface area contributed by atoms with E-state index in [2.05, 4.69) is 16.9 Å². The summed E-state index contributed by atoms with van der Waals surface area (Å²) in [5, 5.41) is 9.26. The van der Waals surface area contributed by atoms with E-state index in [1.54, 1.807) is 0 Å². The molecule has 2 rings (SSSR count). The highest BCUT2D eigenvalue weighted by Crippen LogP contribution is 2.30. The molecule has 4 heteroatoms. The molecule has 4 nitrogen and oxygen atoms in total. The number of fused-ring (bicyclic) bond motifs is 1. The minimum atomic E-state index is -0.732. The number of carboxylic acids is 1. The van der Waals surface area contributed by atoms with Crippen LogP contribution in [0.25, 0.3) is 0 Å². The first-order valence-corrected chi connectivity index (χ1v) is 8.52. The third-order valence-electron chi connectivity index (χ3n) is 4.42. The fourth-order valence-electron chi connectivity index (χ4n) is 3.19. The molecule has 1 aliphatic carbocycles. The Labute approximate surface area is 127 Å². The van der Waals surface area contributed by atoms with Crippen molar-refractivity contribution < 1.29 is 9.90 Å². The van der Waals surface area contributed by atoms with Gasteiger partial charge in [-0.1, -0.05) is 45.4 Å². The summed E-state index contributed by atoms with van der Waals surface area (Å²) in [6, 6.07) is 0. The first-order valence-electron chi connectivity index (χ1n) is 8.52. The van der Waals surface area contributed by atoms with Crippen molar-refractivity contribution in [2.45, 2.75) is 83.5 Å². The molecular formula is C17H28N2O2. The number of imidazole rings is 1. The van der Waals surface area contributed by atoms with E-state index in [1.807, 2.05) is 0 Å². The Bertz CT molecular complexity index is 454. The van der Waals surface area contributed by atoms with Crippen LogP contribution in [0.15, 0.2) is 0 Å². The van der Waals surface area contributed by atoms with E-state index in [0.29, 0.717) is 0 Å². The van der Waals surface area contributed by atoms with Gasteiger partial charge in [-0.25, -0.2) is 4.98 Å². The maximum atomic E-state index is 11.3. The monoisotopic (exact) mass is 292 g/mol. The fraction of sp³-hybridized carbons (Fsp3) is 0.765. The van der Waals surface area contributed by atoms with Gasteiger partial charge in [-0.3, -0.25) is 4.79 Å². The maximum absolute atomic E-state index is 11.3. The zero-order chi connectivity index (χ0) is 15.1. The fourth-order valence-corrected chi connectivity index (χ4v) is 3.19. The molecule has 0 radical (unpaired) electrons. The van der Waals surface area contributed by atoms with Gasteiger partial charge in [0.1, 0.15) is 11.7 Å². The van der Waals surface area contributed by atoms with Crippen molar-refractivity contribution in [2.24, 2.45) is 0 Å². The third-order valence-corrected chi connectivity index (χ3v) is 4.42. The average Bonchev–Trinajstić information content (AvgIpc) is 2.88. The lowest BCUT2D eigenvalue weighted by Gasteiger charge is -2.16. The van der Waals surface area contributed by atoms with Crippen LogP contribution in [0.3, 0.4) is 0 Å². The molecule has 2 N–H and O–H groups in total. The summed E-state index contributed by atoms with van der Waals surface area (Å²) in [5.74, 6) is -0.139. The van der Waals surface area contributed by atoms with Crippen LogP contribution in [-0.2, 0) is 17.6 Å². The molecule has 21 heavy (non-hydrogen) atoms. The van der Waals surface area contributed by atoms with E-state index in [4.69, 9.17) is 0 Å². The second-order valence-electron chi connectivity index (χ2n) is 6.20. The number of aromatic nitrogens is 2. The van der Waals surface area contributed by atoms with E-state index < -0.39 is 11.9 Å². The van der Waals surface area contributed by atoms with Gasteiger partial charge >= 0.3 is 5.97 Å². The number of rotatable bonds is 9. The molecule has 0 fully saturated rings. The molecule has 1 unspecified atom stereocenters. The molecule has 1 heterocycles. The Morgan fingerprint density at radius 3 is 2.67 bits per heavy atom. The summed E-state index contributed by atoms with van der Waals surface area (Å²) >= 11 is 0. The minimum absolute atomic E-state index is 0.396. The quantitative estimate of drug-likeness (QED) is 0.670. The van der Waals surface area contributed by atoms with Crippen LogP contribution in [0.5, 0.6) is 0 Å². The maximum Gasteiger partial charge on any atom is 0.312 e. The Morgan fingerprint density at radius 1 is 1.24 bits per heavy atom. The van der Waals surface area contributed by atoms with Crippen molar-refractivity contribution in [3.8, 4) is 0 Å². The number of nitrogens with zero attached hydrogens (tertiary/aromatic N) is 1. The molecule has 1 aromatic rings. The Kier molecular flexibility index (Phi) is 6.27. The molecule has 0 aliphatic heterocycles. The van der Waals surface area contributed by atoms with Crippen molar-refractivity contribution >= 4 is 5.97 Å². The summed E-state index contributed by atoms with van der Waals surface area (Å²) < 4.78 is 0. The lowest BCUT2D eigenvalue weighted by Crippen LogP contribution is -2.17. The molecule has 0 amide bonds. The number of H-pyrrole nitrogens is 1. The molecule has 0 saturated carbocycles. The number of aliphatic carboxylic acids is 1. The number of carboxylic acid groups (broad SMARTS) is 1. The predicted molar refractivity (Wildman–Crippen MR) is 83.6 cm³/mol. The first kappa shape index (κ1) is 16.1. The Morgan fingerprint density at radius 2 is 1.95 bits per heavy atom. The second kappa shape index (κ2) is 8.20. The van der Waals surface area contributed by atoms with Crippen LogP contribution in [0.4, 0.5) is 0 Å². The number of hydrogen-bond donors (Lipinski definition) is 2. The topological polar surface area (TPSA) is 66.0 Å². The Hall–Kier alpha value is -1.32. The van der Waals surface area contributed by atoms with Gasteiger partial charge in [0.2, 0.25) is 0 Å². The van der Waals surface area contributed by atoms with E-state index in [0.717, 1.165) is 49.3 Å². The van der Waals surface area contributed by atoms with Crippen molar-refractivity contribution in [3.63, 3.8) is 0 Å². The summed E-state index contributed by atoms with van der Waals surface area (Å²) in [7, 11) is 0. The van der Waals surface area contributed by atoms with Crippen LogP contribution >= 0.6 is 0 Å². The first-order chi connectivity index (χ1) is 10.2. The molecule has 118 valence electrons. The number of aryl methyl sites for hydroxylation is 2. The lowest BCUT2D eigenvalue weighted by atomic mass is 9.90. The average molecular weight is 292 g/mol. The van der Waals surface area contributed by atoms with Crippen LogP contribution in [-0.4, -0.2) is 21.0 Å².